The molecule has 4 unspecified atom stereocenters. The lowest BCUT2D eigenvalue weighted by Gasteiger charge is -2.71. The van der Waals surface area contributed by atoms with Gasteiger partial charge in [-0.05, 0) is 109 Å². The van der Waals surface area contributed by atoms with Crippen LogP contribution in [-0.2, 0) is 28.5 Å². The Morgan fingerprint density at radius 3 is 2.05 bits per heavy atom. The average molecular weight is 795 g/mol. The number of carbonyl (C=O) groups excluding carboxylic acids is 1. The minimum atomic E-state index is -1.79. The summed E-state index contributed by atoms with van der Waals surface area (Å²) in [6, 6.07) is 0. The van der Waals surface area contributed by atoms with Crippen LogP contribution in [0.1, 0.15) is 113 Å². The number of allylic oxidation sites excluding steroid dienone is 2. The molecule has 0 amide bonds. The molecule has 0 radical (unpaired) electrons. The first kappa shape index (κ1) is 42.4. The van der Waals surface area contributed by atoms with Crippen LogP contribution in [0, 0.1) is 50.2 Å². The predicted octanol–water partition coefficient (Wildman–Crippen LogP) is 2.41. The lowest BCUT2D eigenvalue weighted by atomic mass is 9.33. The third-order valence-electron chi connectivity index (χ3n) is 17.2. The smallest absolute Gasteiger partial charge is 0.335 e. The van der Waals surface area contributed by atoms with Crippen LogP contribution in [-0.4, -0.2) is 127 Å². The van der Waals surface area contributed by atoms with Gasteiger partial charge in [-0.15, -0.1) is 0 Å². The van der Waals surface area contributed by atoms with Crippen molar-refractivity contribution in [3.05, 3.63) is 11.6 Å². The van der Waals surface area contributed by atoms with Crippen LogP contribution in [0.25, 0.3) is 0 Å². The van der Waals surface area contributed by atoms with Gasteiger partial charge in [0.05, 0.1) is 18.1 Å². The molecule has 0 bridgehead atoms. The van der Waals surface area contributed by atoms with E-state index < -0.39 is 96.9 Å². The van der Waals surface area contributed by atoms with E-state index in [4.69, 9.17) is 18.9 Å². The number of rotatable bonds is 6. The summed E-state index contributed by atoms with van der Waals surface area (Å²) < 4.78 is 23.5. The Morgan fingerprint density at radius 1 is 0.750 bits per heavy atom. The summed E-state index contributed by atoms with van der Waals surface area (Å²) in [5.74, 6) is -1.52. The van der Waals surface area contributed by atoms with Crippen LogP contribution < -0.4 is 0 Å². The van der Waals surface area contributed by atoms with Gasteiger partial charge >= 0.3 is 11.9 Å². The molecule has 5 aliphatic carbocycles. The number of fused-ring (bicyclic) bond motifs is 7. The number of hydrogen-bond donors (Lipinski definition) is 8. The number of hydrogen-bond acceptors (Lipinski definition) is 13. The second-order valence-corrected chi connectivity index (χ2v) is 20.7. The van der Waals surface area contributed by atoms with Crippen molar-refractivity contribution in [2.75, 3.05) is 6.61 Å². The third-order valence-corrected chi connectivity index (χ3v) is 17.2. The van der Waals surface area contributed by atoms with E-state index in [1.54, 1.807) is 0 Å². The Balaban J connectivity index is 1.16. The van der Waals surface area contributed by atoms with E-state index in [0.29, 0.717) is 25.2 Å². The fourth-order valence-corrected chi connectivity index (χ4v) is 13.5. The molecule has 7 aliphatic rings. The molecule has 7 rings (SSSR count). The summed E-state index contributed by atoms with van der Waals surface area (Å²) in [6.45, 7) is 15.5. The van der Waals surface area contributed by atoms with E-state index in [9.17, 15) is 50.4 Å². The van der Waals surface area contributed by atoms with Crippen molar-refractivity contribution in [1.82, 2.24) is 0 Å². The molecular formula is C42H66O14. The molecule has 0 aromatic rings. The highest BCUT2D eigenvalue weighted by Gasteiger charge is 2.70. The molecule has 4 saturated carbocycles. The van der Waals surface area contributed by atoms with Crippen molar-refractivity contribution < 1.29 is 69.4 Å². The zero-order valence-corrected chi connectivity index (χ0v) is 34.0. The van der Waals surface area contributed by atoms with Crippen LogP contribution >= 0.6 is 0 Å². The Labute approximate surface area is 329 Å². The van der Waals surface area contributed by atoms with Crippen LogP contribution in [0.2, 0.25) is 0 Å². The summed E-state index contributed by atoms with van der Waals surface area (Å²) in [4.78, 5) is 26.4. The maximum absolute atomic E-state index is 14.6. The second-order valence-electron chi connectivity index (χ2n) is 20.7. The zero-order chi connectivity index (χ0) is 41.1. The largest absolute Gasteiger partial charge is 0.479 e. The first-order valence-corrected chi connectivity index (χ1v) is 20.8. The first-order chi connectivity index (χ1) is 26.0. The van der Waals surface area contributed by atoms with Gasteiger partial charge in [0.2, 0.25) is 6.29 Å². The number of carboxylic acids is 1. The second kappa shape index (κ2) is 14.2. The Bertz CT molecular complexity index is 1560. The Kier molecular flexibility index (Phi) is 10.8. The van der Waals surface area contributed by atoms with Gasteiger partial charge in [-0.25, -0.2) is 4.79 Å². The van der Waals surface area contributed by atoms with Gasteiger partial charge in [-0.2, -0.15) is 0 Å². The van der Waals surface area contributed by atoms with E-state index in [-0.39, 0.29) is 33.5 Å². The van der Waals surface area contributed by atoms with E-state index in [1.165, 1.54) is 5.57 Å². The molecule has 2 aliphatic heterocycles. The number of carbonyl (C=O) groups is 2. The van der Waals surface area contributed by atoms with Crippen molar-refractivity contribution in [3.63, 3.8) is 0 Å². The van der Waals surface area contributed by atoms with Crippen molar-refractivity contribution in [3.8, 4) is 0 Å². The number of esters is 1. The molecule has 0 aromatic heterocycles. The molecular weight excluding hydrogens is 728 g/mol. The normalized spacial score (nSPS) is 52.3. The summed E-state index contributed by atoms with van der Waals surface area (Å²) in [6.07, 6.45) is -6.14. The summed E-state index contributed by atoms with van der Waals surface area (Å²) in [5, 5.41) is 82.4. The lowest BCUT2D eigenvalue weighted by molar-refractivity contribution is -0.324. The Hall–Kier alpha value is -1.72. The minimum absolute atomic E-state index is 0.0330. The highest BCUT2D eigenvalue weighted by atomic mass is 16.7. The molecule has 56 heavy (non-hydrogen) atoms. The first-order valence-electron chi connectivity index (χ1n) is 20.8. The van der Waals surface area contributed by atoms with E-state index in [2.05, 4.69) is 54.5 Å². The van der Waals surface area contributed by atoms with Crippen molar-refractivity contribution in [2.45, 2.75) is 180 Å². The molecule has 14 heteroatoms. The van der Waals surface area contributed by atoms with E-state index >= 15 is 0 Å². The van der Waals surface area contributed by atoms with Gasteiger partial charge in [-0.3, -0.25) is 4.79 Å². The lowest BCUT2D eigenvalue weighted by Crippen LogP contribution is -2.66. The molecule has 2 saturated heterocycles. The van der Waals surface area contributed by atoms with Gasteiger partial charge in [0.25, 0.3) is 0 Å². The van der Waals surface area contributed by atoms with E-state index in [0.717, 1.165) is 44.9 Å². The monoisotopic (exact) mass is 794 g/mol. The number of aliphatic hydroxyl groups is 7. The highest BCUT2D eigenvalue weighted by molar-refractivity contribution is 5.79. The number of carboxylic acid groups (broad SMARTS) is 1. The molecule has 8 N–H and O–H groups in total. The number of aliphatic carboxylic acids is 1. The molecule has 6 fully saturated rings. The number of ether oxygens (including phenoxy) is 4. The quantitative estimate of drug-likeness (QED) is 0.110. The van der Waals surface area contributed by atoms with Crippen molar-refractivity contribution in [2.24, 2.45) is 50.2 Å². The molecule has 14 nitrogen and oxygen atoms in total. The molecule has 0 spiro atoms. The minimum Gasteiger partial charge on any atom is -0.479 e. The van der Waals surface area contributed by atoms with Gasteiger partial charge in [0.1, 0.15) is 42.7 Å². The maximum Gasteiger partial charge on any atom is 0.335 e. The maximum atomic E-state index is 14.6. The van der Waals surface area contributed by atoms with Crippen LogP contribution in [0.4, 0.5) is 0 Å². The van der Waals surface area contributed by atoms with Crippen molar-refractivity contribution in [1.29, 1.82) is 0 Å². The van der Waals surface area contributed by atoms with Gasteiger partial charge in [-0.1, -0.05) is 60.1 Å². The van der Waals surface area contributed by atoms with Gasteiger partial charge in [0, 0.05) is 0 Å². The van der Waals surface area contributed by atoms with Crippen LogP contribution in [0.15, 0.2) is 11.6 Å². The molecule has 0 aromatic carbocycles. The predicted molar refractivity (Wildman–Crippen MR) is 198 cm³/mol. The van der Waals surface area contributed by atoms with Gasteiger partial charge in [0.15, 0.2) is 12.4 Å². The number of aliphatic hydroxyl groups excluding tert-OH is 7. The van der Waals surface area contributed by atoms with Crippen LogP contribution in [0.5, 0.6) is 0 Å². The topological polar surface area (TPSA) is 233 Å². The highest BCUT2D eigenvalue weighted by Crippen LogP contribution is 2.76. The molecule has 318 valence electrons. The van der Waals surface area contributed by atoms with Gasteiger partial charge < -0.3 is 59.8 Å². The van der Waals surface area contributed by atoms with Crippen molar-refractivity contribution >= 4 is 11.9 Å². The van der Waals surface area contributed by atoms with E-state index in [1.807, 2.05) is 0 Å². The summed E-state index contributed by atoms with van der Waals surface area (Å²) >= 11 is 0. The zero-order valence-electron chi connectivity index (χ0n) is 34.0. The Morgan fingerprint density at radius 2 is 1.39 bits per heavy atom. The SMILES string of the molecule is CC1(C)CC[C@]2(C(=O)O[C@@H]3O[C@H](CO)[C@@H](O)[C@H](O)[C@H]3O)CC[C@]3(C)C(=CCC4[C@@]5(C)CCC(OC6O[C@H](C(=O)O)[C@@H](O)[C@H](O)[C@H]6O)C(C)(C)C5CC[C@]43C)[C@H]2C1. The fourth-order valence-electron chi connectivity index (χ4n) is 13.5. The standard InChI is InChI=1S/C42H66O14/c1-37(2)14-16-42(36(52)56-34-30(48)27(45)26(44)22(19-43)53-34)17-15-40(6)20(21(42)18-37)8-9-24-39(5)12-11-25(38(3,4)23(39)10-13-41(24,40)7)54-35-31(49)28(46)29(47)32(55-35)33(50)51/h8,21-32,34-35,43-49H,9-19H2,1-7H3,(H,50,51)/t21-,22-,23?,24?,25?,26-,27+,28+,29+,30-,31-,32+,34+,35?,39+,40-,41-,42+/m1/s1. The summed E-state index contributed by atoms with van der Waals surface area (Å²) in [7, 11) is 0. The average Bonchev–Trinajstić information content (AvgIpc) is 3.12. The molecule has 18 atom stereocenters. The van der Waals surface area contributed by atoms with Crippen LogP contribution in [0.3, 0.4) is 0 Å². The fraction of sp³-hybridized carbons (Fsp3) is 0.905. The summed E-state index contributed by atoms with van der Waals surface area (Å²) in [5.41, 5.74) is -0.448. The molecule has 2 heterocycles. The third kappa shape index (κ3) is 6.17.